The minimum Gasteiger partial charge on any atom is -0.462 e. The van der Waals surface area contributed by atoms with Crippen molar-refractivity contribution in [2.75, 3.05) is 13.2 Å². The first-order chi connectivity index (χ1) is 37.5. The van der Waals surface area contributed by atoms with Gasteiger partial charge in [0, 0.05) is 19.3 Å². The largest absolute Gasteiger partial charge is 0.462 e. The Bertz CT molecular complexity index is 1270. The van der Waals surface area contributed by atoms with Gasteiger partial charge in [0.2, 0.25) is 0 Å². The van der Waals surface area contributed by atoms with Crippen molar-refractivity contribution in [1.82, 2.24) is 0 Å². The summed E-state index contributed by atoms with van der Waals surface area (Å²) in [7, 11) is 0. The molecule has 0 aliphatic carbocycles. The molecule has 0 aliphatic rings. The fraction of sp³-hybridized carbons (Fsp3) is 0.871. The quantitative estimate of drug-likeness (QED) is 0.0261. The number of allylic oxidation sites excluding steroid dienone is 6. The zero-order valence-electron chi connectivity index (χ0n) is 51.3. The van der Waals surface area contributed by atoms with Crippen molar-refractivity contribution in [3.8, 4) is 0 Å². The van der Waals surface area contributed by atoms with Crippen LogP contribution in [0.15, 0.2) is 36.5 Å². The Balaban J connectivity index is 4.03. The Labute approximate surface area is 474 Å². The van der Waals surface area contributed by atoms with Crippen molar-refractivity contribution in [2.45, 2.75) is 380 Å². The van der Waals surface area contributed by atoms with Crippen molar-refractivity contribution in [3.63, 3.8) is 0 Å². The normalized spacial score (nSPS) is 12.2. The van der Waals surface area contributed by atoms with E-state index >= 15 is 0 Å². The van der Waals surface area contributed by atoms with Gasteiger partial charge in [-0.2, -0.15) is 0 Å². The minimum atomic E-state index is -0.775. The van der Waals surface area contributed by atoms with E-state index < -0.39 is 6.10 Å². The molecule has 0 saturated heterocycles. The molecular formula is C70H130O6. The van der Waals surface area contributed by atoms with E-state index in [0.717, 1.165) is 77.0 Å². The SMILES string of the molecule is CCCCCCC/C=C\C/C=C\C/C=C\CCCCCCCCC(=O)OC(COC(=O)CCCCCCCCC)COC(=O)CCCCCCCCCCCCCCCCCCCCCCCCCCCCCCCC. The van der Waals surface area contributed by atoms with E-state index in [1.165, 1.54) is 257 Å². The van der Waals surface area contributed by atoms with E-state index in [1.54, 1.807) is 0 Å². The zero-order chi connectivity index (χ0) is 55.0. The van der Waals surface area contributed by atoms with Crippen molar-refractivity contribution >= 4 is 17.9 Å². The molecule has 446 valence electrons. The maximum atomic E-state index is 12.9. The Morgan fingerprint density at radius 3 is 0.737 bits per heavy atom. The first-order valence-corrected chi connectivity index (χ1v) is 34.0. The van der Waals surface area contributed by atoms with Crippen LogP contribution in [0.2, 0.25) is 0 Å². The second-order valence-electron chi connectivity index (χ2n) is 23.1. The van der Waals surface area contributed by atoms with Crippen LogP contribution in [-0.2, 0) is 28.6 Å². The maximum absolute atomic E-state index is 12.9. The summed E-state index contributed by atoms with van der Waals surface area (Å²) in [6.45, 7) is 6.63. The van der Waals surface area contributed by atoms with Crippen molar-refractivity contribution in [1.29, 1.82) is 0 Å². The molecule has 0 heterocycles. The van der Waals surface area contributed by atoms with Crippen LogP contribution in [0.1, 0.15) is 374 Å². The number of carbonyl (C=O) groups excluding carboxylic acids is 3. The number of ether oxygens (including phenoxy) is 3. The van der Waals surface area contributed by atoms with Crippen LogP contribution in [0.4, 0.5) is 0 Å². The number of hydrogen-bond donors (Lipinski definition) is 0. The van der Waals surface area contributed by atoms with Crippen molar-refractivity contribution < 1.29 is 28.6 Å². The number of rotatable bonds is 63. The number of unbranched alkanes of at least 4 members (excludes halogenated alkanes) is 46. The van der Waals surface area contributed by atoms with Crippen LogP contribution in [-0.4, -0.2) is 37.2 Å². The minimum absolute atomic E-state index is 0.0732. The van der Waals surface area contributed by atoms with Gasteiger partial charge in [-0.05, 0) is 57.8 Å². The molecule has 0 rings (SSSR count). The number of esters is 3. The van der Waals surface area contributed by atoms with E-state index in [1.807, 2.05) is 0 Å². The number of carbonyl (C=O) groups is 3. The van der Waals surface area contributed by atoms with Crippen LogP contribution >= 0.6 is 0 Å². The molecule has 0 aliphatic heterocycles. The van der Waals surface area contributed by atoms with Gasteiger partial charge in [-0.3, -0.25) is 14.4 Å². The number of hydrogen-bond acceptors (Lipinski definition) is 6. The highest BCUT2D eigenvalue weighted by molar-refractivity contribution is 5.71. The third kappa shape index (κ3) is 62.5. The molecule has 0 N–H and O–H groups in total. The van der Waals surface area contributed by atoms with Gasteiger partial charge >= 0.3 is 17.9 Å². The van der Waals surface area contributed by atoms with Gasteiger partial charge in [0.25, 0.3) is 0 Å². The van der Waals surface area contributed by atoms with Gasteiger partial charge in [0.1, 0.15) is 13.2 Å². The summed E-state index contributed by atoms with van der Waals surface area (Å²) in [5.41, 5.74) is 0. The highest BCUT2D eigenvalue weighted by atomic mass is 16.6. The van der Waals surface area contributed by atoms with Gasteiger partial charge in [-0.1, -0.05) is 333 Å². The Morgan fingerprint density at radius 1 is 0.263 bits per heavy atom. The Kier molecular flexibility index (Phi) is 63.1. The average molecular weight is 1070 g/mol. The van der Waals surface area contributed by atoms with Crippen LogP contribution < -0.4 is 0 Å². The second-order valence-corrected chi connectivity index (χ2v) is 23.1. The van der Waals surface area contributed by atoms with E-state index in [0.29, 0.717) is 19.3 Å². The molecule has 6 heteroatoms. The van der Waals surface area contributed by atoms with Gasteiger partial charge in [0.05, 0.1) is 0 Å². The van der Waals surface area contributed by atoms with Crippen LogP contribution in [0.3, 0.4) is 0 Å². The molecular weight excluding hydrogens is 937 g/mol. The van der Waals surface area contributed by atoms with Gasteiger partial charge in [-0.15, -0.1) is 0 Å². The molecule has 76 heavy (non-hydrogen) atoms. The average Bonchev–Trinajstić information content (AvgIpc) is 3.42. The lowest BCUT2D eigenvalue weighted by atomic mass is 10.0. The molecule has 1 unspecified atom stereocenters. The molecule has 0 bridgehead atoms. The summed E-state index contributed by atoms with van der Waals surface area (Å²) in [6, 6.07) is 0. The van der Waals surface area contributed by atoms with Gasteiger partial charge < -0.3 is 14.2 Å². The first-order valence-electron chi connectivity index (χ1n) is 34.0. The fourth-order valence-corrected chi connectivity index (χ4v) is 10.3. The highest BCUT2D eigenvalue weighted by Crippen LogP contribution is 2.18. The topological polar surface area (TPSA) is 78.9 Å². The molecule has 0 saturated carbocycles. The zero-order valence-corrected chi connectivity index (χ0v) is 51.3. The standard InChI is InChI=1S/C70H130O6/c1-4-7-10-13-16-18-20-22-24-26-28-30-31-32-33-34-35-36-37-38-40-41-43-45-47-49-51-54-57-60-63-69(72)75-66-67(65-74-68(71)62-59-56-53-15-12-9-6-3)76-70(73)64-61-58-55-52-50-48-46-44-42-39-29-27-25-23-21-19-17-14-11-8-5-2/h21,23,27,29,42,44,67H,4-20,22,24-26,28,30-41,43,45-66H2,1-3H3/b23-21-,29-27-,44-42-. The van der Waals surface area contributed by atoms with Crippen LogP contribution in [0.5, 0.6) is 0 Å². The van der Waals surface area contributed by atoms with E-state index in [2.05, 4.69) is 57.2 Å². The molecule has 0 radical (unpaired) electrons. The summed E-state index contributed by atoms with van der Waals surface area (Å²) in [5.74, 6) is -0.871. The third-order valence-electron chi connectivity index (χ3n) is 15.4. The van der Waals surface area contributed by atoms with E-state index in [9.17, 15) is 14.4 Å². The fourth-order valence-electron chi connectivity index (χ4n) is 10.3. The van der Waals surface area contributed by atoms with E-state index in [-0.39, 0.29) is 31.1 Å². The summed E-state index contributed by atoms with van der Waals surface area (Å²) < 4.78 is 16.9. The van der Waals surface area contributed by atoms with E-state index in [4.69, 9.17) is 14.2 Å². The first kappa shape index (κ1) is 73.6. The monoisotopic (exact) mass is 1070 g/mol. The van der Waals surface area contributed by atoms with Crippen molar-refractivity contribution in [2.24, 2.45) is 0 Å². The summed E-state index contributed by atoms with van der Waals surface area (Å²) in [4.78, 5) is 38.1. The van der Waals surface area contributed by atoms with Gasteiger partial charge in [0.15, 0.2) is 6.10 Å². The molecule has 0 amide bonds. The lowest BCUT2D eigenvalue weighted by Gasteiger charge is -2.18. The Morgan fingerprint density at radius 2 is 0.474 bits per heavy atom. The van der Waals surface area contributed by atoms with Crippen molar-refractivity contribution in [3.05, 3.63) is 36.5 Å². The Hall–Kier alpha value is -2.37. The smallest absolute Gasteiger partial charge is 0.306 e. The second kappa shape index (κ2) is 65.2. The molecule has 0 aromatic carbocycles. The maximum Gasteiger partial charge on any atom is 0.306 e. The summed E-state index contributed by atoms with van der Waals surface area (Å²) in [5, 5.41) is 0. The highest BCUT2D eigenvalue weighted by Gasteiger charge is 2.19. The molecule has 0 aromatic rings. The van der Waals surface area contributed by atoms with Gasteiger partial charge in [-0.25, -0.2) is 0 Å². The summed E-state index contributed by atoms with van der Waals surface area (Å²) >= 11 is 0. The lowest BCUT2D eigenvalue weighted by molar-refractivity contribution is -0.167. The predicted molar refractivity (Wildman–Crippen MR) is 330 cm³/mol. The van der Waals surface area contributed by atoms with Crippen LogP contribution in [0.25, 0.3) is 0 Å². The predicted octanol–water partition coefficient (Wildman–Crippen LogP) is 23.2. The molecule has 1 atom stereocenters. The lowest BCUT2D eigenvalue weighted by Crippen LogP contribution is -2.30. The molecule has 0 fully saturated rings. The molecule has 6 nitrogen and oxygen atoms in total. The molecule has 0 spiro atoms. The third-order valence-corrected chi connectivity index (χ3v) is 15.4. The molecule has 0 aromatic heterocycles. The van der Waals surface area contributed by atoms with Crippen LogP contribution in [0, 0.1) is 0 Å². The summed E-state index contributed by atoms with van der Waals surface area (Å²) in [6.07, 6.45) is 80.6.